The van der Waals surface area contributed by atoms with Gasteiger partial charge in [-0.15, -0.1) is 11.3 Å². The second-order valence-electron chi connectivity index (χ2n) is 6.53. The lowest BCUT2D eigenvalue weighted by atomic mass is 10.1. The molecular formula is C21H24N4O2S2. The van der Waals surface area contributed by atoms with E-state index in [2.05, 4.69) is 22.2 Å². The summed E-state index contributed by atoms with van der Waals surface area (Å²) in [6.07, 6.45) is 6.32. The van der Waals surface area contributed by atoms with Crippen LogP contribution in [0.2, 0.25) is 0 Å². The second kappa shape index (κ2) is 10.8. The van der Waals surface area contributed by atoms with Gasteiger partial charge in [0.05, 0.1) is 18.4 Å². The van der Waals surface area contributed by atoms with E-state index < -0.39 is 0 Å². The van der Waals surface area contributed by atoms with Crippen molar-refractivity contribution in [1.82, 2.24) is 14.9 Å². The van der Waals surface area contributed by atoms with Crippen LogP contribution in [0.15, 0.2) is 46.9 Å². The molecule has 3 rings (SSSR count). The van der Waals surface area contributed by atoms with Crippen LogP contribution in [0, 0.1) is 4.77 Å². The summed E-state index contributed by atoms with van der Waals surface area (Å²) < 4.78 is 7.67. The van der Waals surface area contributed by atoms with E-state index >= 15 is 0 Å². The number of carbonyl (C=O) groups excluding carboxylic acids is 1. The molecule has 0 unspecified atom stereocenters. The van der Waals surface area contributed by atoms with E-state index in [0.29, 0.717) is 34.9 Å². The largest absolute Gasteiger partial charge is 0.493 e. The molecular weight excluding hydrogens is 404 g/mol. The highest BCUT2D eigenvalue weighted by Gasteiger charge is 2.12. The lowest BCUT2D eigenvalue weighted by molar-refractivity contribution is 0.106. The van der Waals surface area contributed by atoms with Crippen molar-refractivity contribution in [2.75, 3.05) is 6.61 Å². The highest BCUT2D eigenvalue weighted by molar-refractivity contribution is 7.71. The second-order valence-corrected chi connectivity index (χ2v) is 7.95. The Bertz CT molecular complexity index is 1010. The number of hydrogen-bond donors (Lipinski definition) is 1. The zero-order chi connectivity index (χ0) is 20.5. The molecule has 0 spiro atoms. The number of hydrogen-bond acceptors (Lipinski definition) is 6. The van der Waals surface area contributed by atoms with Gasteiger partial charge in [-0.05, 0) is 42.2 Å². The maximum Gasteiger partial charge on any atom is 0.216 e. The first-order valence-corrected chi connectivity index (χ1v) is 11.0. The zero-order valence-corrected chi connectivity index (χ0v) is 18.0. The zero-order valence-electron chi connectivity index (χ0n) is 16.3. The molecule has 0 saturated carbocycles. The number of ketones is 1. The molecule has 0 aliphatic carbocycles. The van der Waals surface area contributed by atoms with Gasteiger partial charge in [0.2, 0.25) is 10.6 Å². The summed E-state index contributed by atoms with van der Waals surface area (Å²) >= 11 is 6.89. The van der Waals surface area contributed by atoms with E-state index in [4.69, 9.17) is 17.0 Å². The molecule has 0 aliphatic rings. The fraction of sp³-hybridized carbons (Fsp3) is 0.333. The SMILES string of the molecule is CCCCCCOc1ccccc1C(=O)/C=N\n1c(Cc2cccs2)n[nH]c1=S. The minimum absolute atomic E-state index is 0.237. The number of carbonyl (C=O) groups is 1. The summed E-state index contributed by atoms with van der Waals surface area (Å²) in [5, 5.41) is 13.3. The van der Waals surface area contributed by atoms with Gasteiger partial charge < -0.3 is 4.74 Å². The van der Waals surface area contributed by atoms with Crippen molar-refractivity contribution in [2.24, 2.45) is 5.10 Å². The highest BCUT2D eigenvalue weighted by Crippen LogP contribution is 2.19. The lowest BCUT2D eigenvalue weighted by Gasteiger charge is -2.09. The summed E-state index contributed by atoms with van der Waals surface area (Å²) in [6, 6.07) is 11.2. The Morgan fingerprint density at radius 3 is 2.93 bits per heavy atom. The number of nitrogens with zero attached hydrogens (tertiary/aromatic N) is 3. The predicted molar refractivity (Wildman–Crippen MR) is 119 cm³/mol. The standard InChI is InChI=1S/C21H24N4O2S2/c1-2-3-4-7-12-27-19-11-6-5-10-17(19)18(26)15-22-25-20(23-24-21(25)28)14-16-9-8-13-29-16/h5-6,8-11,13,15H,2-4,7,12,14H2,1H3,(H,24,28)/b22-15-. The number of thiophene rings is 1. The highest BCUT2D eigenvalue weighted by atomic mass is 32.1. The van der Waals surface area contributed by atoms with E-state index in [1.807, 2.05) is 35.7 Å². The van der Waals surface area contributed by atoms with Crippen molar-refractivity contribution in [3.63, 3.8) is 0 Å². The van der Waals surface area contributed by atoms with Crippen LogP contribution in [0.4, 0.5) is 0 Å². The van der Waals surface area contributed by atoms with Crippen LogP contribution in [-0.4, -0.2) is 33.5 Å². The molecule has 0 bridgehead atoms. The minimum Gasteiger partial charge on any atom is -0.493 e. The van der Waals surface area contributed by atoms with Crippen LogP contribution in [-0.2, 0) is 6.42 Å². The van der Waals surface area contributed by atoms with E-state index in [0.717, 1.165) is 17.7 Å². The number of Topliss-reactive ketones (excluding diaryl/α,β-unsaturated/α-hetero) is 1. The van der Waals surface area contributed by atoms with Crippen molar-refractivity contribution in [3.8, 4) is 5.75 Å². The Morgan fingerprint density at radius 2 is 2.14 bits per heavy atom. The average molecular weight is 429 g/mol. The molecule has 3 aromatic rings. The van der Waals surface area contributed by atoms with Crippen molar-refractivity contribution in [2.45, 2.75) is 39.0 Å². The normalized spacial score (nSPS) is 11.2. The summed E-state index contributed by atoms with van der Waals surface area (Å²) in [5.74, 6) is 0.997. The van der Waals surface area contributed by atoms with Crippen molar-refractivity contribution < 1.29 is 9.53 Å². The van der Waals surface area contributed by atoms with Crippen LogP contribution in [0.25, 0.3) is 0 Å². The van der Waals surface area contributed by atoms with Gasteiger partial charge in [0.15, 0.2) is 5.82 Å². The number of aromatic amines is 1. The Kier molecular flexibility index (Phi) is 7.89. The van der Waals surface area contributed by atoms with Crippen molar-refractivity contribution >= 4 is 35.6 Å². The number of ether oxygens (including phenoxy) is 1. The van der Waals surface area contributed by atoms with E-state index in [1.165, 1.54) is 23.7 Å². The van der Waals surface area contributed by atoms with Crippen molar-refractivity contribution in [3.05, 3.63) is 62.8 Å². The molecule has 6 nitrogen and oxygen atoms in total. The molecule has 2 aromatic heterocycles. The molecule has 1 N–H and O–H groups in total. The summed E-state index contributed by atoms with van der Waals surface area (Å²) in [4.78, 5) is 13.9. The third kappa shape index (κ3) is 5.95. The fourth-order valence-electron chi connectivity index (χ4n) is 2.81. The van der Waals surface area contributed by atoms with Gasteiger partial charge in [0, 0.05) is 11.3 Å². The molecule has 0 saturated heterocycles. The van der Waals surface area contributed by atoms with Gasteiger partial charge in [-0.25, -0.2) is 0 Å². The Hall–Kier alpha value is -2.58. The van der Waals surface area contributed by atoms with E-state index in [-0.39, 0.29) is 5.78 Å². The Balaban J connectivity index is 1.70. The lowest BCUT2D eigenvalue weighted by Crippen LogP contribution is -2.08. The number of benzene rings is 1. The summed E-state index contributed by atoms with van der Waals surface area (Å²) in [5.41, 5.74) is 0.488. The fourth-order valence-corrected chi connectivity index (χ4v) is 3.71. The van der Waals surface area contributed by atoms with Crippen LogP contribution < -0.4 is 4.74 Å². The number of para-hydroxylation sites is 1. The number of H-pyrrole nitrogens is 1. The molecule has 8 heteroatoms. The van der Waals surface area contributed by atoms with E-state index in [1.54, 1.807) is 17.4 Å². The molecule has 0 aliphatic heterocycles. The van der Waals surface area contributed by atoms with Crippen LogP contribution in [0.5, 0.6) is 5.75 Å². The van der Waals surface area contributed by atoms with Gasteiger partial charge in [-0.1, -0.05) is 44.4 Å². The monoisotopic (exact) mass is 428 g/mol. The van der Waals surface area contributed by atoms with Gasteiger partial charge in [-0.2, -0.15) is 14.9 Å². The van der Waals surface area contributed by atoms with Gasteiger partial charge in [0.1, 0.15) is 5.75 Å². The molecule has 29 heavy (non-hydrogen) atoms. The van der Waals surface area contributed by atoms with Gasteiger partial charge in [0.25, 0.3) is 0 Å². The first-order chi connectivity index (χ1) is 14.2. The van der Waals surface area contributed by atoms with Gasteiger partial charge in [-0.3, -0.25) is 9.89 Å². The maximum absolute atomic E-state index is 12.7. The van der Waals surface area contributed by atoms with Crippen molar-refractivity contribution in [1.29, 1.82) is 0 Å². The maximum atomic E-state index is 12.7. The summed E-state index contributed by atoms with van der Waals surface area (Å²) in [6.45, 7) is 2.77. The van der Waals surface area contributed by atoms with Crippen LogP contribution in [0.3, 0.4) is 0 Å². The third-order valence-electron chi connectivity index (χ3n) is 4.33. The number of aromatic nitrogens is 3. The molecule has 2 heterocycles. The van der Waals surface area contributed by atoms with Crippen LogP contribution in [0.1, 0.15) is 53.7 Å². The van der Waals surface area contributed by atoms with E-state index in [9.17, 15) is 4.79 Å². The topological polar surface area (TPSA) is 72.3 Å². The first kappa shape index (κ1) is 21.1. The molecule has 0 atom stereocenters. The minimum atomic E-state index is -0.237. The summed E-state index contributed by atoms with van der Waals surface area (Å²) in [7, 11) is 0. The van der Waals surface area contributed by atoms with Crippen LogP contribution >= 0.6 is 23.6 Å². The Morgan fingerprint density at radius 1 is 1.28 bits per heavy atom. The first-order valence-electron chi connectivity index (χ1n) is 9.68. The number of unbranched alkanes of at least 4 members (excludes halogenated alkanes) is 3. The molecule has 0 amide bonds. The molecule has 152 valence electrons. The third-order valence-corrected chi connectivity index (χ3v) is 5.47. The van der Waals surface area contributed by atoms with Gasteiger partial charge >= 0.3 is 0 Å². The molecule has 0 fully saturated rings. The molecule has 0 radical (unpaired) electrons. The quantitative estimate of drug-likeness (QED) is 0.195. The molecule has 1 aromatic carbocycles. The Labute approximate surface area is 179 Å². The predicted octanol–water partition coefficient (Wildman–Crippen LogP) is 5.27. The average Bonchev–Trinajstić information content (AvgIpc) is 3.37. The number of nitrogens with one attached hydrogen (secondary N) is 1. The number of rotatable bonds is 11. The smallest absolute Gasteiger partial charge is 0.216 e.